The average molecular weight is 257 g/mol. The number of pyridine rings is 1. The molecule has 0 amide bonds. The van der Waals surface area contributed by atoms with Gasteiger partial charge >= 0.3 is 5.69 Å². The van der Waals surface area contributed by atoms with Gasteiger partial charge in [-0.15, -0.1) is 0 Å². The van der Waals surface area contributed by atoms with Crippen LogP contribution in [0.5, 0.6) is 0 Å². The molecule has 1 N–H and O–H groups in total. The summed E-state index contributed by atoms with van der Waals surface area (Å²) in [6.07, 6.45) is 4.79. The molecule has 0 unspecified atom stereocenters. The highest BCUT2D eigenvalue weighted by atomic mass is 35.5. The number of hydrazine groups is 1. The molecule has 0 bridgehead atoms. The van der Waals surface area contributed by atoms with E-state index in [1.165, 1.54) is 18.7 Å². The van der Waals surface area contributed by atoms with E-state index in [4.69, 9.17) is 11.6 Å². The molecule has 0 aliphatic carbocycles. The van der Waals surface area contributed by atoms with Gasteiger partial charge in [0.15, 0.2) is 0 Å². The largest absolute Gasteiger partial charge is 0.314 e. The summed E-state index contributed by atoms with van der Waals surface area (Å²) in [5.41, 5.74) is 2.89. The van der Waals surface area contributed by atoms with Crippen molar-refractivity contribution in [2.45, 2.75) is 19.3 Å². The Morgan fingerprint density at radius 3 is 2.76 bits per heavy atom. The Kier molecular flexibility index (Phi) is 3.75. The van der Waals surface area contributed by atoms with Crippen LogP contribution in [0.15, 0.2) is 12.3 Å². The maximum atomic E-state index is 10.9. The summed E-state index contributed by atoms with van der Waals surface area (Å²) >= 11 is 5.70. The molecule has 92 valence electrons. The van der Waals surface area contributed by atoms with Crippen LogP contribution in [-0.2, 0) is 0 Å². The smallest absolute Gasteiger partial charge is 0.297 e. The molecule has 7 heteroatoms. The molecule has 1 aliphatic rings. The second-order valence-electron chi connectivity index (χ2n) is 3.94. The van der Waals surface area contributed by atoms with Crippen molar-refractivity contribution in [1.29, 1.82) is 0 Å². The zero-order chi connectivity index (χ0) is 12.3. The lowest BCUT2D eigenvalue weighted by Crippen LogP contribution is -2.35. The third-order valence-electron chi connectivity index (χ3n) is 2.65. The molecule has 6 nitrogen and oxygen atoms in total. The highest BCUT2D eigenvalue weighted by molar-refractivity contribution is 6.30. The molecule has 0 saturated carbocycles. The van der Waals surface area contributed by atoms with E-state index in [1.54, 1.807) is 0 Å². The van der Waals surface area contributed by atoms with Gasteiger partial charge in [0.2, 0.25) is 5.82 Å². The van der Waals surface area contributed by atoms with E-state index >= 15 is 0 Å². The zero-order valence-corrected chi connectivity index (χ0v) is 9.98. The van der Waals surface area contributed by atoms with Crippen LogP contribution in [0.2, 0.25) is 5.02 Å². The minimum absolute atomic E-state index is 0.0944. The van der Waals surface area contributed by atoms with Gasteiger partial charge < -0.3 is 0 Å². The molecule has 2 heterocycles. The standard InChI is InChI=1S/C10H13ClN4O2/c11-8-6-9(15(16)17)10(12-7-8)13-14-4-2-1-3-5-14/h6-7H,1-5H2,(H,12,13). The summed E-state index contributed by atoms with van der Waals surface area (Å²) in [5.74, 6) is 0.251. The lowest BCUT2D eigenvalue weighted by molar-refractivity contribution is -0.384. The van der Waals surface area contributed by atoms with E-state index < -0.39 is 4.92 Å². The highest BCUT2D eigenvalue weighted by Gasteiger charge is 2.19. The van der Waals surface area contributed by atoms with Crippen LogP contribution < -0.4 is 5.43 Å². The quantitative estimate of drug-likeness (QED) is 0.664. The van der Waals surface area contributed by atoms with Crippen molar-refractivity contribution in [3.05, 3.63) is 27.4 Å². The lowest BCUT2D eigenvalue weighted by atomic mass is 10.2. The maximum Gasteiger partial charge on any atom is 0.314 e. The molecule has 2 rings (SSSR count). The van der Waals surface area contributed by atoms with Crippen LogP contribution in [-0.4, -0.2) is 28.0 Å². The zero-order valence-electron chi connectivity index (χ0n) is 9.23. The number of nitro groups is 1. The predicted molar refractivity (Wildman–Crippen MR) is 64.9 cm³/mol. The molecule has 1 fully saturated rings. The first-order chi connectivity index (χ1) is 8.16. The molecule has 1 aliphatic heterocycles. The molecular weight excluding hydrogens is 244 g/mol. The number of hydrogen-bond acceptors (Lipinski definition) is 5. The fourth-order valence-electron chi connectivity index (χ4n) is 1.81. The van der Waals surface area contributed by atoms with E-state index in [0.717, 1.165) is 25.9 Å². The summed E-state index contributed by atoms with van der Waals surface area (Å²) in [4.78, 5) is 14.4. The first kappa shape index (κ1) is 12.1. The molecular formula is C10H13ClN4O2. The Morgan fingerprint density at radius 2 is 2.12 bits per heavy atom. The maximum absolute atomic E-state index is 10.9. The SMILES string of the molecule is O=[N+]([O-])c1cc(Cl)cnc1NN1CCCCC1. The van der Waals surface area contributed by atoms with Gasteiger partial charge in [0.05, 0.1) is 9.95 Å². The average Bonchev–Trinajstić information content (AvgIpc) is 2.32. The molecule has 0 atom stereocenters. The Labute approximate surface area is 104 Å². The minimum atomic E-state index is -0.481. The molecule has 1 aromatic rings. The number of hydrogen-bond donors (Lipinski definition) is 1. The van der Waals surface area contributed by atoms with Crippen LogP contribution in [0.3, 0.4) is 0 Å². The summed E-state index contributed by atoms with van der Waals surface area (Å²) in [7, 11) is 0. The van der Waals surface area contributed by atoms with Gasteiger partial charge in [-0.3, -0.25) is 15.5 Å². The van der Waals surface area contributed by atoms with Gasteiger partial charge in [-0.05, 0) is 12.8 Å². The summed E-state index contributed by atoms with van der Waals surface area (Å²) in [5, 5.41) is 13.1. The van der Waals surface area contributed by atoms with Crippen molar-refractivity contribution in [3.63, 3.8) is 0 Å². The second-order valence-corrected chi connectivity index (χ2v) is 4.37. The highest BCUT2D eigenvalue weighted by Crippen LogP contribution is 2.25. The summed E-state index contributed by atoms with van der Waals surface area (Å²) in [6, 6.07) is 1.31. The first-order valence-electron chi connectivity index (χ1n) is 5.48. The number of piperidine rings is 1. The van der Waals surface area contributed by atoms with Gasteiger partial charge in [0.25, 0.3) is 0 Å². The van der Waals surface area contributed by atoms with Crippen molar-refractivity contribution < 1.29 is 4.92 Å². The monoisotopic (exact) mass is 256 g/mol. The van der Waals surface area contributed by atoms with Gasteiger partial charge in [-0.25, -0.2) is 9.99 Å². The van der Waals surface area contributed by atoms with E-state index in [0.29, 0.717) is 0 Å². The summed E-state index contributed by atoms with van der Waals surface area (Å²) in [6.45, 7) is 1.75. The van der Waals surface area contributed by atoms with Gasteiger partial charge in [-0.2, -0.15) is 0 Å². The fourth-order valence-corrected chi connectivity index (χ4v) is 1.96. The van der Waals surface area contributed by atoms with Crippen molar-refractivity contribution >= 4 is 23.1 Å². The molecule has 0 aromatic carbocycles. The van der Waals surface area contributed by atoms with Gasteiger partial charge in [0, 0.05) is 25.4 Å². The Balaban J connectivity index is 2.16. The number of nitrogens with one attached hydrogen (secondary N) is 1. The minimum Gasteiger partial charge on any atom is -0.297 e. The Bertz CT molecular complexity index is 421. The van der Waals surface area contributed by atoms with Crippen molar-refractivity contribution in [3.8, 4) is 0 Å². The van der Waals surface area contributed by atoms with Crippen LogP contribution in [0.25, 0.3) is 0 Å². The van der Waals surface area contributed by atoms with Crippen LogP contribution in [0, 0.1) is 10.1 Å². The molecule has 0 spiro atoms. The van der Waals surface area contributed by atoms with E-state index in [1.807, 2.05) is 5.01 Å². The van der Waals surface area contributed by atoms with Crippen molar-refractivity contribution in [1.82, 2.24) is 9.99 Å². The Hall–Kier alpha value is -1.40. The molecule has 1 aromatic heterocycles. The van der Waals surface area contributed by atoms with Crippen molar-refractivity contribution in [2.75, 3.05) is 18.5 Å². The molecule has 0 radical (unpaired) electrons. The molecule has 1 saturated heterocycles. The van der Waals surface area contributed by atoms with Gasteiger partial charge in [-0.1, -0.05) is 18.0 Å². The normalized spacial score (nSPS) is 16.8. The van der Waals surface area contributed by atoms with Gasteiger partial charge in [0.1, 0.15) is 0 Å². The van der Waals surface area contributed by atoms with Crippen LogP contribution in [0.4, 0.5) is 11.5 Å². The predicted octanol–water partition coefficient (Wildman–Crippen LogP) is 2.46. The van der Waals surface area contributed by atoms with E-state index in [-0.39, 0.29) is 16.5 Å². The first-order valence-corrected chi connectivity index (χ1v) is 5.86. The third kappa shape index (κ3) is 3.04. The van der Waals surface area contributed by atoms with Crippen LogP contribution in [0.1, 0.15) is 19.3 Å². The van der Waals surface area contributed by atoms with Crippen LogP contribution >= 0.6 is 11.6 Å². The van der Waals surface area contributed by atoms with E-state index in [9.17, 15) is 10.1 Å². The van der Waals surface area contributed by atoms with Crippen molar-refractivity contribution in [2.24, 2.45) is 0 Å². The lowest BCUT2D eigenvalue weighted by Gasteiger charge is -2.26. The van der Waals surface area contributed by atoms with E-state index in [2.05, 4.69) is 10.4 Å². The third-order valence-corrected chi connectivity index (χ3v) is 2.86. The number of rotatable bonds is 3. The number of nitrogens with zero attached hydrogens (tertiary/aromatic N) is 3. The number of anilines is 1. The topological polar surface area (TPSA) is 71.3 Å². The second kappa shape index (κ2) is 5.29. The summed E-state index contributed by atoms with van der Waals surface area (Å²) < 4.78 is 0. The molecule has 17 heavy (non-hydrogen) atoms. The number of halogens is 1. The Morgan fingerprint density at radius 1 is 1.41 bits per heavy atom. The number of aromatic nitrogens is 1. The fraction of sp³-hybridized carbons (Fsp3) is 0.500.